The van der Waals surface area contributed by atoms with Crippen LogP contribution < -0.4 is 10.6 Å². The molecule has 0 saturated carbocycles. The fraction of sp³-hybridized carbons (Fsp3) is 0.588. The normalized spacial score (nSPS) is 17.2. The average Bonchev–Trinajstić information content (AvgIpc) is 3.08. The second-order valence-corrected chi connectivity index (χ2v) is 6.40. The number of rotatable bonds is 8. The topological polar surface area (TPSA) is 54.9 Å². The molecule has 0 radical (unpaired) electrons. The van der Waals surface area contributed by atoms with E-state index in [0.29, 0.717) is 16.6 Å². The third kappa shape index (κ3) is 8.30. The van der Waals surface area contributed by atoms with Crippen molar-refractivity contribution in [2.45, 2.75) is 25.4 Å². The third-order valence-electron chi connectivity index (χ3n) is 3.81. The Morgan fingerprint density at radius 2 is 2.00 bits per heavy atom. The molecule has 5 nitrogen and oxygen atoms in total. The van der Waals surface area contributed by atoms with Gasteiger partial charge in [-0.2, -0.15) is 0 Å². The quantitative estimate of drug-likeness (QED) is 0.248. The standard InChI is InChI=1S/C17H25Cl2N3O2.HI/c1-20-17(21-8-3-10-24-13-7-11-23-12-13)22-9-6-14-15(18)4-2-5-16(14)19;/h2,4-5,13H,3,6-12H2,1H3,(H2,20,21,22);1H. The first-order chi connectivity index (χ1) is 11.7. The molecule has 1 heterocycles. The van der Waals surface area contributed by atoms with Crippen LogP contribution in [0.25, 0.3) is 0 Å². The van der Waals surface area contributed by atoms with Gasteiger partial charge in [0.25, 0.3) is 0 Å². The lowest BCUT2D eigenvalue weighted by molar-refractivity contribution is 0.0420. The number of aliphatic imine (C=N–C) groups is 1. The maximum absolute atomic E-state index is 6.17. The molecule has 1 aliphatic rings. The van der Waals surface area contributed by atoms with E-state index >= 15 is 0 Å². The van der Waals surface area contributed by atoms with Crippen molar-refractivity contribution >= 4 is 53.1 Å². The van der Waals surface area contributed by atoms with Gasteiger partial charge in [0, 0.05) is 43.4 Å². The molecule has 142 valence electrons. The van der Waals surface area contributed by atoms with Crippen LogP contribution in [0.2, 0.25) is 10.0 Å². The molecule has 1 fully saturated rings. The van der Waals surface area contributed by atoms with Gasteiger partial charge in [0.1, 0.15) is 0 Å². The minimum atomic E-state index is 0. The van der Waals surface area contributed by atoms with E-state index < -0.39 is 0 Å². The van der Waals surface area contributed by atoms with Crippen molar-refractivity contribution in [3.8, 4) is 0 Å². The minimum absolute atomic E-state index is 0. The van der Waals surface area contributed by atoms with Gasteiger partial charge in [-0.3, -0.25) is 4.99 Å². The SMILES string of the molecule is CN=C(NCCCOC1CCOC1)NCCc1c(Cl)cccc1Cl.I. The Balaban J connectivity index is 0.00000312. The molecule has 1 aliphatic heterocycles. The summed E-state index contributed by atoms with van der Waals surface area (Å²) in [5.74, 6) is 0.766. The first kappa shape index (κ1) is 22.8. The van der Waals surface area contributed by atoms with Crippen LogP contribution >= 0.6 is 47.2 Å². The highest BCUT2D eigenvalue weighted by Gasteiger charge is 2.15. The van der Waals surface area contributed by atoms with E-state index in [0.717, 1.165) is 57.2 Å². The Morgan fingerprint density at radius 1 is 1.28 bits per heavy atom. The molecule has 1 saturated heterocycles. The summed E-state index contributed by atoms with van der Waals surface area (Å²) in [6.07, 6.45) is 2.93. The van der Waals surface area contributed by atoms with Crippen molar-refractivity contribution in [3.05, 3.63) is 33.8 Å². The smallest absolute Gasteiger partial charge is 0.190 e. The van der Waals surface area contributed by atoms with Crippen LogP contribution in [0.1, 0.15) is 18.4 Å². The van der Waals surface area contributed by atoms with Gasteiger partial charge in [-0.25, -0.2) is 0 Å². The maximum atomic E-state index is 6.17. The fourth-order valence-corrected chi connectivity index (χ4v) is 3.06. The lowest BCUT2D eigenvalue weighted by Gasteiger charge is -2.14. The summed E-state index contributed by atoms with van der Waals surface area (Å²) in [7, 11) is 1.75. The first-order valence-electron chi connectivity index (χ1n) is 8.27. The van der Waals surface area contributed by atoms with Crippen LogP contribution in [0.15, 0.2) is 23.2 Å². The number of benzene rings is 1. The molecule has 2 N–H and O–H groups in total. The molecule has 0 aliphatic carbocycles. The van der Waals surface area contributed by atoms with Gasteiger partial charge in [0.2, 0.25) is 0 Å². The van der Waals surface area contributed by atoms with Crippen molar-refractivity contribution in [1.82, 2.24) is 10.6 Å². The van der Waals surface area contributed by atoms with Crippen molar-refractivity contribution < 1.29 is 9.47 Å². The molecule has 25 heavy (non-hydrogen) atoms. The van der Waals surface area contributed by atoms with Crippen LogP contribution in [0.5, 0.6) is 0 Å². The van der Waals surface area contributed by atoms with E-state index in [4.69, 9.17) is 32.7 Å². The van der Waals surface area contributed by atoms with E-state index in [-0.39, 0.29) is 30.1 Å². The van der Waals surface area contributed by atoms with Gasteiger partial charge in [-0.1, -0.05) is 29.3 Å². The lowest BCUT2D eigenvalue weighted by Crippen LogP contribution is -2.39. The first-order valence-corrected chi connectivity index (χ1v) is 9.03. The van der Waals surface area contributed by atoms with E-state index in [1.165, 1.54) is 0 Å². The zero-order valence-corrected chi connectivity index (χ0v) is 18.2. The Morgan fingerprint density at radius 3 is 2.64 bits per heavy atom. The molecule has 0 bridgehead atoms. The molecule has 0 amide bonds. The van der Waals surface area contributed by atoms with Crippen molar-refractivity contribution in [2.75, 3.05) is 40.0 Å². The molecule has 0 spiro atoms. The Hall–Kier alpha value is -0.280. The van der Waals surface area contributed by atoms with Crippen LogP contribution in [0.4, 0.5) is 0 Å². The molecule has 0 aromatic heterocycles. The zero-order chi connectivity index (χ0) is 17.2. The van der Waals surface area contributed by atoms with E-state index in [1.54, 1.807) is 7.05 Å². The van der Waals surface area contributed by atoms with Crippen molar-refractivity contribution in [3.63, 3.8) is 0 Å². The maximum Gasteiger partial charge on any atom is 0.190 e. The number of ether oxygens (including phenoxy) is 2. The minimum Gasteiger partial charge on any atom is -0.379 e. The Bertz CT molecular complexity index is 520. The van der Waals surface area contributed by atoms with Crippen LogP contribution in [0, 0.1) is 0 Å². The van der Waals surface area contributed by atoms with Crippen LogP contribution in [-0.4, -0.2) is 52.0 Å². The summed E-state index contributed by atoms with van der Waals surface area (Å²) in [4.78, 5) is 4.21. The fourth-order valence-electron chi connectivity index (χ4n) is 2.47. The summed E-state index contributed by atoms with van der Waals surface area (Å²) >= 11 is 12.3. The number of guanidine groups is 1. The number of nitrogens with zero attached hydrogens (tertiary/aromatic N) is 1. The molecular formula is C17H26Cl2IN3O2. The van der Waals surface area contributed by atoms with Gasteiger partial charge >= 0.3 is 0 Å². The van der Waals surface area contributed by atoms with Crippen LogP contribution in [-0.2, 0) is 15.9 Å². The second-order valence-electron chi connectivity index (χ2n) is 5.59. The van der Waals surface area contributed by atoms with Gasteiger partial charge in [0.05, 0.1) is 12.7 Å². The molecule has 8 heteroatoms. The summed E-state index contributed by atoms with van der Waals surface area (Å²) in [5, 5.41) is 7.93. The highest BCUT2D eigenvalue weighted by Crippen LogP contribution is 2.24. The summed E-state index contributed by atoms with van der Waals surface area (Å²) in [6.45, 7) is 3.78. The van der Waals surface area contributed by atoms with Gasteiger partial charge in [0.15, 0.2) is 5.96 Å². The van der Waals surface area contributed by atoms with E-state index in [2.05, 4.69) is 15.6 Å². The Labute approximate surface area is 176 Å². The van der Waals surface area contributed by atoms with Crippen LogP contribution in [0.3, 0.4) is 0 Å². The predicted octanol–water partition coefficient (Wildman–Crippen LogP) is 3.51. The highest BCUT2D eigenvalue weighted by molar-refractivity contribution is 14.0. The highest BCUT2D eigenvalue weighted by atomic mass is 127. The van der Waals surface area contributed by atoms with Gasteiger partial charge in [-0.15, -0.1) is 24.0 Å². The molecule has 1 aromatic carbocycles. The number of halogens is 3. The lowest BCUT2D eigenvalue weighted by atomic mass is 10.1. The molecule has 1 unspecified atom stereocenters. The van der Waals surface area contributed by atoms with Crippen molar-refractivity contribution in [2.24, 2.45) is 4.99 Å². The summed E-state index contributed by atoms with van der Waals surface area (Å²) < 4.78 is 11.0. The Kier molecular flexibility index (Phi) is 11.8. The summed E-state index contributed by atoms with van der Waals surface area (Å²) in [5.41, 5.74) is 0.955. The molecule has 1 aromatic rings. The third-order valence-corrected chi connectivity index (χ3v) is 4.52. The predicted molar refractivity (Wildman–Crippen MR) is 115 cm³/mol. The monoisotopic (exact) mass is 501 g/mol. The van der Waals surface area contributed by atoms with E-state index in [9.17, 15) is 0 Å². The van der Waals surface area contributed by atoms with Crippen molar-refractivity contribution in [1.29, 1.82) is 0 Å². The molecule has 1 atom stereocenters. The van der Waals surface area contributed by atoms with Gasteiger partial charge < -0.3 is 20.1 Å². The number of hydrogen-bond donors (Lipinski definition) is 2. The molecule has 2 rings (SSSR count). The average molecular weight is 502 g/mol. The van der Waals surface area contributed by atoms with E-state index in [1.807, 2.05) is 18.2 Å². The second kappa shape index (κ2) is 13.0. The largest absolute Gasteiger partial charge is 0.379 e. The van der Waals surface area contributed by atoms with Gasteiger partial charge in [-0.05, 0) is 37.0 Å². The number of nitrogens with one attached hydrogen (secondary N) is 2. The summed E-state index contributed by atoms with van der Waals surface area (Å²) in [6, 6.07) is 5.55. The molecular weight excluding hydrogens is 476 g/mol. The zero-order valence-electron chi connectivity index (χ0n) is 14.4. The number of hydrogen-bond acceptors (Lipinski definition) is 3.